The van der Waals surface area contributed by atoms with Crippen LogP contribution in [0.15, 0.2) is 17.5 Å². The van der Waals surface area contributed by atoms with Crippen molar-refractivity contribution >= 4 is 17.3 Å². The highest BCUT2D eigenvalue weighted by Gasteiger charge is 2.52. The molecule has 106 valence electrons. The van der Waals surface area contributed by atoms with Gasteiger partial charge in [0.15, 0.2) is 0 Å². The first kappa shape index (κ1) is 14.5. The normalized spacial score (nSPS) is 18.0. The van der Waals surface area contributed by atoms with E-state index in [2.05, 4.69) is 11.4 Å². The Bertz CT molecular complexity index is 403. The van der Waals surface area contributed by atoms with E-state index < -0.39 is 5.54 Å². The number of hydrogen-bond donors (Lipinski definition) is 1. The van der Waals surface area contributed by atoms with Gasteiger partial charge in [-0.15, -0.1) is 11.3 Å². The highest BCUT2D eigenvalue weighted by atomic mass is 32.1. The maximum atomic E-state index is 12.3. The van der Waals surface area contributed by atoms with Crippen LogP contribution < -0.4 is 5.32 Å². The highest BCUT2D eigenvalue weighted by molar-refractivity contribution is 7.09. The van der Waals surface area contributed by atoms with Gasteiger partial charge in [-0.2, -0.15) is 0 Å². The van der Waals surface area contributed by atoms with E-state index in [9.17, 15) is 4.79 Å². The standard InChI is InChI=1S/C14H21NO3S/c1-3-18-13(16)14(10-17-2,11-6-7-11)15-9-12-5-4-8-19-12/h4-5,8,11,15H,3,6-7,9-10H2,1-2H3. The van der Waals surface area contributed by atoms with Gasteiger partial charge in [-0.3, -0.25) is 5.32 Å². The lowest BCUT2D eigenvalue weighted by Gasteiger charge is -2.32. The molecule has 0 spiro atoms. The minimum Gasteiger partial charge on any atom is -0.465 e. The molecule has 0 amide bonds. The number of hydrogen-bond acceptors (Lipinski definition) is 5. The van der Waals surface area contributed by atoms with Gasteiger partial charge in [0.2, 0.25) is 0 Å². The number of rotatable bonds is 8. The highest BCUT2D eigenvalue weighted by Crippen LogP contribution is 2.41. The number of esters is 1. The van der Waals surface area contributed by atoms with Crippen LogP contribution in [-0.4, -0.2) is 31.8 Å². The van der Waals surface area contributed by atoms with Crippen LogP contribution in [0.5, 0.6) is 0 Å². The van der Waals surface area contributed by atoms with Gasteiger partial charge in [-0.05, 0) is 37.1 Å². The largest absolute Gasteiger partial charge is 0.465 e. The lowest BCUT2D eigenvalue weighted by molar-refractivity contribution is -0.155. The average molecular weight is 283 g/mol. The molecule has 1 unspecified atom stereocenters. The monoisotopic (exact) mass is 283 g/mol. The average Bonchev–Trinajstić information content (AvgIpc) is 3.12. The van der Waals surface area contributed by atoms with Crippen molar-refractivity contribution in [2.24, 2.45) is 5.92 Å². The maximum absolute atomic E-state index is 12.3. The first-order valence-electron chi connectivity index (χ1n) is 6.66. The Hall–Kier alpha value is -0.910. The molecule has 0 aromatic carbocycles. The van der Waals surface area contributed by atoms with E-state index in [4.69, 9.17) is 9.47 Å². The van der Waals surface area contributed by atoms with Crippen molar-refractivity contribution < 1.29 is 14.3 Å². The topological polar surface area (TPSA) is 47.6 Å². The molecule has 0 radical (unpaired) electrons. The van der Waals surface area contributed by atoms with E-state index in [1.54, 1.807) is 18.4 Å². The van der Waals surface area contributed by atoms with Crippen molar-refractivity contribution in [3.05, 3.63) is 22.4 Å². The van der Waals surface area contributed by atoms with E-state index in [0.717, 1.165) is 12.8 Å². The van der Waals surface area contributed by atoms with Crippen LogP contribution in [0, 0.1) is 5.92 Å². The molecule has 0 aliphatic heterocycles. The smallest absolute Gasteiger partial charge is 0.329 e. The number of nitrogens with one attached hydrogen (secondary N) is 1. The molecule has 19 heavy (non-hydrogen) atoms. The fourth-order valence-electron chi connectivity index (χ4n) is 2.33. The van der Waals surface area contributed by atoms with Crippen LogP contribution >= 0.6 is 11.3 Å². The summed E-state index contributed by atoms with van der Waals surface area (Å²) in [7, 11) is 1.63. The van der Waals surface area contributed by atoms with Crippen LogP contribution in [-0.2, 0) is 20.8 Å². The molecule has 1 aromatic rings. The first-order valence-corrected chi connectivity index (χ1v) is 7.54. The predicted molar refractivity (Wildman–Crippen MR) is 75.1 cm³/mol. The number of ether oxygens (including phenoxy) is 2. The molecule has 0 bridgehead atoms. The summed E-state index contributed by atoms with van der Waals surface area (Å²) in [6, 6.07) is 4.08. The predicted octanol–water partition coefficient (Wildman–Crippen LogP) is 2.20. The van der Waals surface area contributed by atoms with Gasteiger partial charge in [-0.1, -0.05) is 6.07 Å². The van der Waals surface area contributed by atoms with Crippen LogP contribution in [0.1, 0.15) is 24.6 Å². The molecule has 1 heterocycles. The molecule has 4 nitrogen and oxygen atoms in total. The molecular weight excluding hydrogens is 262 g/mol. The summed E-state index contributed by atoms with van der Waals surface area (Å²) in [4.78, 5) is 13.5. The fraction of sp³-hybridized carbons (Fsp3) is 0.643. The quantitative estimate of drug-likeness (QED) is 0.743. The SMILES string of the molecule is CCOC(=O)C(COC)(NCc1cccs1)C1CC1. The van der Waals surface area contributed by atoms with Gasteiger partial charge < -0.3 is 9.47 Å². The molecule has 1 aromatic heterocycles. The number of carbonyl (C=O) groups excluding carboxylic acids is 1. The van der Waals surface area contributed by atoms with Crippen LogP contribution in [0.4, 0.5) is 0 Å². The Morgan fingerprint density at radius 3 is 2.89 bits per heavy atom. The molecule has 2 rings (SSSR count). The van der Waals surface area contributed by atoms with E-state index >= 15 is 0 Å². The Labute approximate surface area is 118 Å². The minimum atomic E-state index is -0.686. The maximum Gasteiger partial charge on any atom is 0.329 e. The molecule has 1 N–H and O–H groups in total. The van der Waals surface area contributed by atoms with Crippen LogP contribution in [0.3, 0.4) is 0 Å². The second kappa shape index (κ2) is 6.50. The van der Waals surface area contributed by atoms with Crippen molar-refractivity contribution in [3.8, 4) is 0 Å². The second-order valence-corrected chi connectivity index (χ2v) is 5.86. The Morgan fingerprint density at radius 2 is 2.37 bits per heavy atom. The Morgan fingerprint density at radius 1 is 1.58 bits per heavy atom. The second-order valence-electron chi connectivity index (χ2n) is 4.83. The zero-order chi connectivity index (χ0) is 13.7. The molecule has 1 atom stereocenters. The molecule has 1 aliphatic rings. The van der Waals surface area contributed by atoms with Crippen molar-refractivity contribution in [3.63, 3.8) is 0 Å². The lowest BCUT2D eigenvalue weighted by Crippen LogP contribution is -2.57. The summed E-state index contributed by atoms with van der Waals surface area (Å²) in [5, 5.41) is 5.43. The van der Waals surface area contributed by atoms with Gasteiger partial charge in [0, 0.05) is 18.5 Å². The van der Waals surface area contributed by atoms with Crippen molar-refractivity contribution in [1.82, 2.24) is 5.32 Å². The summed E-state index contributed by atoms with van der Waals surface area (Å²) < 4.78 is 10.5. The molecule has 1 saturated carbocycles. The first-order chi connectivity index (χ1) is 9.23. The third-order valence-electron chi connectivity index (χ3n) is 3.44. The third-order valence-corrected chi connectivity index (χ3v) is 4.32. The summed E-state index contributed by atoms with van der Waals surface area (Å²) in [6.07, 6.45) is 2.11. The Balaban J connectivity index is 2.09. The molecular formula is C14H21NO3S. The molecule has 0 saturated heterocycles. The van der Waals surface area contributed by atoms with Crippen molar-refractivity contribution in [2.75, 3.05) is 20.3 Å². The van der Waals surface area contributed by atoms with Crippen LogP contribution in [0.25, 0.3) is 0 Å². The van der Waals surface area contributed by atoms with Gasteiger partial charge >= 0.3 is 5.97 Å². The molecule has 1 aliphatic carbocycles. The molecule has 1 fully saturated rings. The van der Waals surface area contributed by atoms with Gasteiger partial charge in [0.05, 0.1) is 13.2 Å². The fourth-order valence-corrected chi connectivity index (χ4v) is 2.98. The van der Waals surface area contributed by atoms with Crippen LogP contribution in [0.2, 0.25) is 0 Å². The Kier molecular flexibility index (Phi) is 4.96. The zero-order valence-electron chi connectivity index (χ0n) is 11.5. The summed E-state index contributed by atoms with van der Waals surface area (Å²) >= 11 is 1.68. The van der Waals surface area contributed by atoms with E-state index in [-0.39, 0.29) is 5.97 Å². The summed E-state index contributed by atoms with van der Waals surface area (Å²) in [5.41, 5.74) is -0.686. The van der Waals surface area contributed by atoms with E-state index in [0.29, 0.717) is 25.7 Å². The zero-order valence-corrected chi connectivity index (χ0v) is 12.3. The van der Waals surface area contributed by atoms with Gasteiger partial charge in [0.25, 0.3) is 0 Å². The summed E-state index contributed by atoms with van der Waals surface area (Å²) in [5.74, 6) is 0.141. The number of thiophene rings is 1. The van der Waals surface area contributed by atoms with E-state index in [1.807, 2.05) is 18.4 Å². The van der Waals surface area contributed by atoms with Gasteiger partial charge in [-0.25, -0.2) is 4.79 Å². The third kappa shape index (κ3) is 3.35. The van der Waals surface area contributed by atoms with E-state index in [1.165, 1.54) is 4.88 Å². The minimum absolute atomic E-state index is 0.184. The number of methoxy groups -OCH3 is 1. The van der Waals surface area contributed by atoms with Crippen molar-refractivity contribution in [1.29, 1.82) is 0 Å². The van der Waals surface area contributed by atoms with Gasteiger partial charge in [0.1, 0.15) is 5.54 Å². The number of carbonyl (C=O) groups is 1. The molecule has 5 heteroatoms. The lowest BCUT2D eigenvalue weighted by atomic mass is 9.94. The van der Waals surface area contributed by atoms with Crippen molar-refractivity contribution in [2.45, 2.75) is 31.8 Å². The summed E-state index contributed by atoms with van der Waals surface area (Å²) in [6.45, 7) is 3.28.